The second-order valence-electron chi connectivity index (χ2n) is 6.47. The lowest BCUT2D eigenvalue weighted by molar-refractivity contribution is -0.137. The molecule has 0 radical (unpaired) electrons. The predicted molar refractivity (Wildman–Crippen MR) is 97.5 cm³/mol. The Balaban J connectivity index is 3.05. The molecule has 0 bridgehead atoms. The molecule has 1 N–H and O–H groups in total. The van der Waals surface area contributed by atoms with Crippen molar-refractivity contribution >= 4 is 5.97 Å². The Morgan fingerprint density at radius 2 is 1.35 bits per heavy atom. The molecule has 0 spiro atoms. The minimum atomic E-state index is -0.313. The van der Waals surface area contributed by atoms with Gasteiger partial charge in [0.05, 0.1) is 12.7 Å². The number of aliphatic hydroxyl groups is 1. The molecule has 0 rings (SSSR count). The first-order chi connectivity index (χ1) is 11.2. The molecule has 3 heteroatoms. The van der Waals surface area contributed by atoms with E-state index in [1.165, 1.54) is 70.3 Å². The Kier molecular flexibility index (Phi) is 16.9. The average molecular weight is 327 g/mol. The van der Waals surface area contributed by atoms with Crippen LogP contribution in [0.15, 0.2) is 12.7 Å². The number of unbranched alkanes of at least 4 members (excludes halogenated alkanes) is 11. The van der Waals surface area contributed by atoms with E-state index in [1.807, 2.05) is 6.92 Å². The smallest absolute Gasteiger partial charge is 0.330 e. The fraction of sp³-hybridized carbons (Fsp3) is 0.850. The van der Waals surface area contributed by atoms with E-state index in [9.17, 15) is 9.90 Å². The molecule has 3 nitrogen and oxygen atoms in total. The number of esters is 1. The van der Waals surface area contributed by atoms with E-state index in [1.54, 1.807) is 0 Å². The zero-order chi connectivity index (χ0) is 17.2. The zero-order valence-corrected chi connectivity index (χ0v) is 15.2. The Bertz CT molecular complexity index is 276. The van der Waals surface area contributed by atoms with Gasteiger partial charge < -0.3 is 9.84 Å². The number of rotatable bonds is 17. The van der Waals surface area contributed by atoms with Crippen molar-refractivity contribution in [2.75, 3.05) is 6.61 Å². The quantitative estimate of drug-likeness (QED) is 0.216. The molecule has 0 heterocycles. The topological polar surface area (TPSA) is 46.5 Å². The van der Waals surface area contributed by atoms with Crippen LogP contribution in [0.4, 0.5) is 0 Å². The maximum absolute atomic E-state index is 10.8. The van der Waals surface area contributed by atoms with E-state index in [-0.39, 0.29) is 12.1 Å². The summed E-state index contributed by atoms with van der Waals surface area (Å²) in [6, 6.07) is 0. The SMILES string of the molecule is C=CC(=O)OCCCCCCCCCCCCCCC(O)CC. The molecule has 0 aromatic rings. The van der Waals surface area contributed by atoms with Crippen LogP contribution < -0.4 is 0 Å². The lowest BCUT2D eigenvalue weighted by Gasteiger charge is -2.06. The molecule has 1 atom stereocenters. The van der Waals surface area contributed by atoms with Crippen LogP contribution in [0.25, 0.3) is 0 Å². The third-order valence-corrected chi connectivity index (χ3v) is 4.31. The fourth-order valence-corrected chi connectivity index (χ4v) is 2.69. The van der Waals surface area contributed by atoms with Gasteiger partial charge in [-0.25, -0.2) is 4.79 Å². The van der Waals surface area contributed by atoms with Crippen LogP contribution in [0.3, 0.4) is 0 Å². The standard InChI is InChI=1S/C20H38O3/c1-3-19(21)17-15-13-11-9-7-5-6-8-10-12-14-16-18-23-20(22)4-2/h4,19,21H,2-3,5-18H2,1H3. The van der Waals surface area contributed by atoms with Crippen molar-refractivity contribution in [1.82, 2.24) is 0 Å². The van der Waals surface area contributed by atoms with Gasteiger partial charge >= 0.3 is 5.97 Å². The van der Waals surface area contributed by atoms with Crippen molar-refractivity contribution in [3.8, 4) is 0 Å². The highest BCUT2D eigenvalue weighted by Crippen LogP contribution is 2.13. The van der Waals surface area contributed by atoms with Gasteiger partial charge in [-0.3, -0.25) is 0 Å². The summed E-state index contributed by atoms with van der Waals surface area (Å²) in [6.07, 6.45) is 18.1. The van der Waals surface area contributed by atoms with Crippen molar-refractivity contribution in [1.29, 1.82) is 0 Å². The van der Waals surface area contributed by atoms with Crippen molar-refractivity contribution in [3.05, 3.63) is 12.7 Å². The normalized spacial score (nSPS) is 12.1. The molecule has 0 aromatic carbocycles. The lowest BCUT2D eigenvalue weighted by Crippen LogP contribution is -2.03. The average Bonchev–Trinajstić information content (AvgIpc) is 2.57. The molecule has 0 saturated carbocycles. The van der Waals surface area contributed by atoms with Crippen molar-refractivity contribution in [2.24, 2.45) is 0 Å². The maximum atomic E-state index is 10.8. The van der Waals surface area contributed by atoms with Gasteiger partial charge in [0.1, 0.15) is 0 Å². The van der Waals surface area contributed by atoms with E-state index in [4.69, 9.17) is 4.74 Å². The minimum absolute atomic E-state index is 0.0796. The highest BCUT2D eigenvalue weighted by Gasteiger charge is 1.99. The van der Waals surface area contributed by atoms with Crippen LogP contribution in [0.2, 0.25) is 0 Å². The molecule has 0 aromatic heterocycles. The monoisotopic (exact) mass is 326 g/mol. The number of carbonyl (C=O) groups excluding carboxylic acids is 1. The van der Waals surface area contributed by atoms with Crippen molar-refractivity contribution in [3.63, 3.8) is 0 Å². The predicted octanol–water partition coefficient (Wildman–Crippen LogP) is 5.56. The van der Waals surface area contributed by atoms with Gasteiger partial charge in [0.15, 0.2) is 0 Å². The summed E-state index contributed by atoms with van der Waals surface area (Å²) in [6.45, 7) is 5.94. The van der Waals surface area contributed by atoms with E-state index < -0.39 is 0 Å². The van der Waals surface area contributed by atoms with Gasteiger partial charge in [-0.2, -0.15) is 0 Å². The van der Waals surface area contributed by atoms with Crippen LogP contribution in [0.5, 0.6) is 0 Å². The van der Waals surface area contributed by atoms with Crippen molar-refractivity contribution < 1.29 is 14.6 Å². The van der Waals surface area contributed by atoms with Crippen LogP contribution >= 0.6 is 0 Å². The first-order valence-electron chi connectivity index (χ1n) is 9.68. The zero-order valence-electron chi connectivity index (χ0n) is 15.2. The second kappa shape index (κ2) is 17.5. The van der Waals surface area contributed by atoms with Crippen LogP contribution in [0, 0.1) is 0 Å². The summed E-state index contributed by atoms with van der Waals surface area (Å²) in [5.41, 5.74) is 0. The Hall–Kier alpha value is -0.830. The summed E-state index contributed by atoms with van der Waals surface area (Å²) in [4.78, 5) is 10.8. The van der Waals surface area contributed by atoms with Gasteiger partial charge in [0.2, 0.25) is 0 Å². The van der Waals surface area contributed by atoms with Crippen molar-refractivity contribution in [2.45, 2.75) is 103 Å². The minimum Gasteiger partial charge on any atom is -0.463 e. The summed E-state index contributed by atoms with van der Waals surface area (Å²) in [5.74, 6) is -0.313. The van der Waals surface area contributed by atoms with Gasteiger partial charge in [-0.1, -0.05) is 84.1 Å². The molecule has 0 aliphatic rings. The van der Waals surface area contributed by atoms with Crippen LogP contribution in [-0.2, 0) is 9.53 Å². The Morgan fingerprint density at radius 1 is 0.913 bits per heavy atom. The van der Waals surface area contributed by atoms with E-state index in [0.717, 1.165) is 25.7 Å². The molecule has 1 unspecified atom stereocenters. The molecule has 0 saturated heterocycles. The molecule has 0 aliphatic heterocycles. The summed E-state index contributed by atoms with van der Waals surface area (Å²) >= 11 is 0. The second-order valence-corrected chi connectivity index (χ2v) is 6.47. The summed E-state index contributed by atoms with van der Waals surface area (Å²) in [7, 11) is 0. The molecule has 0 fully saturated rings. The first kappa shape index (κ1) is 22.2. The number of hydrogen-bond donors (Lipinski definition) is 1. The highest BCUT2D eigenvalue weighted by atomic mass is 16.5. The first-order valence-corrected chi connectivity index (χ1v) is 9.68. The molecule has 136 valence electrons. The molecule has 0 amide bonds. The van der Waals surface area contributed by atoms with Gasteiger partial charge in [-0.05, 0) is 19.3 Å². The Labute approximate surface area is 143 Å². The molecular weight excluding hydrogens is 288 g/mol. The third-order valence-electron chi connectivity index (χ3n) is 4.31. The number of aliphatic hydroxyl groups excluding tert-OH is 1. The molecular formula is C20H38O3. The summed E-state index contributed by atoms with van der Waals surface area (Å²) < 4.78 is 4.94. The third kappa shape index (κ3) is 17.4. The molecule has 23 heavy (non-hydrogen) atoms. The van der Waals surface area contributed by atoms with Gasteiger partial charge in [-0.15, -0.1) is 0 Å². The van der Waals surface area contributed by atoms with Gasteiger partial charge in [0, 0.05) is 6.08 Å². The largest absolute Gasteiger partial charge is 0.463 e. The van der Waals surface area contributed by atoms with Crippen LogP contribution in [0.1, 0.15) is 96.8 Å². The number of ether oxygens (including phenoxy) is 1. The van der Waals surface area contributed by atoms with Gasteiger partial charge in [0.25, 0.3) is 0 Å². The van der Waals surface area contributed by atoms with E-state index in [0.29, 0.717) is 6.61 Å². The highest BCUT2D eigenvalue weighted by molar-refractivity contribution is 5.81. The van der Waals surface area contributed by atoms with Crippen LogP contribution in [-0.4, -0.2) is 23.8 Å². The fourth-order valence-electron chi connectivity index (χ4n) is 2.69. The van der Waals surface area contributed by atoms with E-state index >= 15 is 0 Å². The maximum Gasteiger partial charge on any atom is 0.330 e. The Morgan fingerprint density at radius 3 is 1.78 bits per heavy atom. The lowest BCUT2D eigenvalue weighted by atomic mass is 10.0. The number of hydrogen-bond acceptors (Lipinski definition) is 3. The molecule has 0 aliphatic carbocycles. The number of carbonyl (C=O) groups is 1. The summed E-state index contributed by atoms with van der Waals surface area (Å²) in [5, 5.41) is 9.46. The van der Waals surface area contributed by atoms with E-state index in [2.05, 4.69) is 6.58 Å².